The van der Waals surface area contributed by atoms with Crippen LogP contribution in [0, 0.1) is 13.8 Å². The molecule has 7 heteroatoms. The van der Waals surface area contributed by atoms with Crippen LogP contribution >= 0.6 is 23.2 Å². The van der Waals surface area contributed by atoms with Crippen LogP contribution in [0.5, 0.6) is 5.75 Å². The Hall–Kier alpha value is -2.50. The van der Waals surface area contributed by atoms with Crippen molar-refractivity contribution in [3.05, 3.63) is 67.5 Å². The van der Waals surface area contributed by atoms with Gasteiger partial charge in [-0.3, -0.25) is 4.79 Å². The number of halogens is 2. The van der Waals surface area contributed by atoms with E-state index in [0.717, 1.165) is 5.56 Å². The smallest absolute Gasteiger partial charge is 0.340 e. The number of nitrogens with one attached hydrogen (secondary N) is 1. The van der Waals surface area contributed by atoms with E-state index in [1.54, 1.807) is 32.2 Å². The molecule has 0 aliphatic carbocycles. The van der Waals surface area contributed by atoms with Crippen molar-refractivity contribution >= 4 is 45.8 Å². The number of anilines is 1. The van der Waals surface area contributed by atoms with Crippen LogP contribution in [0.2, 0.25) is 10.0 Å². The molecule has 0 fully saturated rings. The minimum absolute atomic E-state index is 0.153. The van der Waals surface area contributed by atoms with Gasteiger partial charge in [-0.25, -0.2) is 4.79 Å². The fourth-order valence-corrected chi connectivity index (χ4v) is 3.40. The van der Waals surface area contributed by atoms with Gasteiger partial charge in [0.2, 0.25) is 5.91 Å². The van der Waals surface area contributed by atoms with Gasteiger partial charge in [-0.15, -0.1) is 0 Å². The first-order valence-corrected chi connectivity index (χ1v) is 8.91. The summed E-state index contributed by atoms with van der Waals surface area (Å²) in [4.78, 5) is 24.9. The number of methoxy groups -OCH3 is 1. The lowest BCUT2D eigenvalue weighted by Gasteiger charge is -2.12. The van der Waals surface area contributed by atoms with E-state index in [4.69, 9.17) is 32.4 Å². The highest BCUT2D eigenvalue weighted by Gasteiger charge is 2.18. The largest absolute Gasteiger partial charge is 0.496 e. The van der Waals surface area contributed by atoms with Gasteiger partial charge in [0.15, 0.2) is 0 Å². The summed E-state index contributed by atoms with van der Waals surface area (Å²) in [5, 5.41) is 4.14. The van der Waals surface area contributed by atoms with E-state index in [9.17, 15) is 9.59 Å². The highest BCUT2D eigenvalue weighted by atomic mass is 35.5. The molecule has 1 heterocycles. The molecule has 1 amide bonds. The van der Waals surface area contributed by atoms with Crippen molar-refractivity contribution in [2.45, 2.75) is 20.3 Å². The van der Waals surface area contributed by atoms with Crippen molar-refractivity contribution < 1.29 is 13.9 Å². The van der Waals surface area contributed by atoms with E-state index in [1.165, 1.54) is 6.07 Å². The maximum absolute atomic E-state index is 12.5. The number of carbonyl (C=O) groups is 1. The van der Waals surface area contributed by atoms with Gasteiger partial charge >= 0.3 is 5.63 Å². The van der Waals surface area contributed by atoms with Crippen LogP contribution < -0.4 is 15.7 Å². The van der Waals surface area contributed by atoms with Gasteiger partial charge in [-0.05, 0) is 55.3 Å². The fraction of sp³-hybridized carbons (Fsp3) is 0.200. The number of hydrogen-bond acceptors (Lipinski definition) is 4. The minimum atomic E-state index is -0.551. The van der Waals surface area contributed by atoms with Crippen LogP contribution in [0.4, 0.5) is 5.69 Å². The molecule has 1 aromatic heterocycles. The summed E-state index contributed by atoms with van der Waals surface area (Å²) in [6, 6.07) is 8.37. The van der Waals surface area contributed by atoms with Crippen LogP contribution in [0.1, 0.15) is 16.7 Å². The van der Waals surface area contributed by atoms with Crippen molar-refractivity contribution in [3.63, 3.8) is 0 Å². The van der Waals surface area contributed by atoms with Gasteiger partial charge in [0.25, 0.3) is 0 Å². The number of aryl methyl sites for hydroxylation is 2. The van der Waals surface area contributed by atoms with E-state index in [-0.39, 0.29) is 17.9 Å². The Kier molecular flexibility index (Phi) is 5.44. The molecule has 0 saturated heterocycles. The lowest BCUT2D eigenvalue weighted by molar-refractivity contribution is -0.115. The molecule has 2 aromatic carbocycles. The molecule has 0 atom stereocenters. The lowest BCUT2D eigenvalue weighted by atomic mass is 10.0. The van der Waals surface area contributed by atoms with Gasteiger partial charge in [-0.1, -0.05) is 23.2 Å². The monoisotopic (exact) mass is 405 g/mol. The van der Waals surface area contributed by atoms with Gasteiger partial charge in [0.05, 0.1) is 35.2 Å². The highest BCUT2D eigenvalue weighted by Crippen LogP contribution is 2.31. The molecule has 0 aliphatic heterocycles. The Labute approximate surface area is 165 Å². The topological polar surface area (TPSA) is 68.5 Å². The van der Waals surface area contributed by atoms with Crippen LogP contribution in [-0.2, 0) is 11.2 Å². The first kappa shape index (κ1) is 19.3. The van der Waals surface area contributed by atoms with Crippen LogP contribution in [0.25, 0.3) is 11.0 Å². The predicted molar refractivity (Wildman–Crippen MR) is 107 cm³/mol. The normalized spacial score (nSPS) is 10.9. The third kappa shape index (κ3) is 3.94. The molecule has 0 unspecified atom stereocenters. The number of amides is 1. The molecule has 0 saturated carbocycles. The Balaban J connectivity index is 1.98. The number of benzene rings is 2. The van der Waals surface area contributed by atoms with Crippen LogP contribution in [0.15, 0.2) is 39.5 Å². The summed E-state index contributed by atoms with van der Waals surface area (Å²) in [5.74, 6) is 0.203. The fourth-order valence-electron chi connectivity index (χ4n) is 2.95. The average Bonchev–Trinajstić information content (AvgIpc) is 2.60. The molecule has 140 valence electrons. The van der Waals surface area contributed by atoms with Crippen molar-refractivity contribution in [1.82, 2.24) is 0 Å². The second-order valence-corrected chi connectivity index (χ2v) is 7.03. The summed E-state index contributed by atoms with van der Waals surface area (Å²) >= 11 is 11.9. The second kappa shape index (κ2) is 7.62. The molecular weight excluding hydrogens is 389 g/mol. The van der Waals surface area contributed by atoms with E-state index in [1.807, 2.05) is 13.0 Å². The Morgan fingerprint density at radius 1 is 1.19 bits per heavy atom. The number of rotatable bonds is 4. The third-order valence-electron chi connectivity index (χ3n) is 4.25. The molecule has 1 N–H and O–H groups in total. The molecule has 0 radical (unpaired) electrons. The molecular formula is C20H17Cl2NO4. The van der Waals surface area contributed by atoms with Gasteiger partial charge in [0, 0.05) is 5.02 Å². The molecule has 5 nitrogen and oxygen atoms in total. The number of carbonyl (C=O) groups excluding carboxylic acids is 1. The molecule has 0 aliphatic rings. The van der Waals surface area contributed by atoms with Gasteiger partial charge < -0.3 is 14.5 Å². The second-order valence-electron chi connectivity index (χ2n) is 6.18. The molecule has 27 heavy (non-hydrogen) atoms. The Morgan fingerprint density at radius 2 is 1.93 bits per heavy atom. The third-order valence-corrected chi connectivity index (χ3v) is 4.80. The number of ether oxygens (including phenoxy) is 1. The zero-order valence-electron chi connectivity index (χ0n) is 15.0. The van der Waals surface area contributed by atoms with Crippen molar-refractivity contribution in [2.24, 2.45) is 0 Å². The van der Waals surface area contributed by atoms with E-state index >= 15 is 0 Å². The zero-order valence-corrected chi connectivity index (χ0v) is 16.5. The number of fused-ring (bicyclic) bond motifs is 1. The Morgan fingerprint density at radius 3 is 2.59 bits per heavy atom. The van der Waals surface area contributed by atoms with Gasteiger partial charge in [0.1, 0.15) is 11.3 Å². The van der Waals surface area contributed by atoms with E-state index in [0.29, 0.717) is 38.0 Å². The molecule has 0 spiro atoms. The molecule has 3 rings (SSSR count). The predicted octanol–water partition coefficient (Wildman–Crippen LogP) is 4.91. The van der Waals surface area contributed by atoms with Crippen LogP contribution in [-0.4, -0.2) is 13.0 Å². The zero-order chi connectivity index (χ0) is 19.7. The number of hydrogen-bond donors (Lipinski definition) is 1. The van der Waals surface area contributed by atoms with E-state index < -0.39 is 5.63 Å². The summed E-state index contributed by atoms with van der Waals surface area (Å²) < 4.78 is 10.8. The molecule has 0 bridgehead atoms. The highest BCUT2D eigenvalue weighted by molar-refractivity contribution is 6.36. The lowest BCUT2D eigenvalue weighted by Crippen LogP contribution is -2.21. The van der Waals surface area contributed by atoms with Crippen molar-refractivity contribution in [1.29, 1.82) is 0 Å². The van der Waals surface area contributed by atoms with Crippen molar-refractivity contribution in [2.75, 3.05) is 12.4 Å². The maximum atomic E-state index is 12.5. The first-order valence-electron chi connectivity index (χ1n) is 8.16. The Bertz CT molecular complexity index is 1110. The van der Waals surface area contributed by atoms with Gasteiger partial charge in [-0.2, -0.15) is 0 Å². The average molecular weight is 406 g/mol. The summed E-state index contributed by atoms with van der Waals surface area (Å²) in [6.45, 7) is 3.66. The van der Waals surface area contributed by atoms with Crippen LogP contribution in [0.3, 0.4) is 0 Å². The molecule has 3 aromatic rings. The standard InChI is InChI=1S/C20H17Cl2NO4/c1-10-6-16(26-3)19-11(2)13(20(25)27-17(19)7-10)9-18(24)23-15-5-4-12(21)8-14(15)22/h4-8H,9H2,1-3H3,(H,23,24). The summed E-state index contributed by atoms with van der Waals surface area (Å²) in [6.07, 6.45) is -0.153. The SMILES string of the molecule is COc1cc(C)cc2oc(=O)c(CC(=O)Nc3ccc(Cl)cc3Cl)c(C)c12. The quantitative estimate of drug-likeness (QED) is 0.626. The first-order chi connectivity index (χ1) is 12.8. The minimum Gasteiger partial charge on any atom is -0.496 e. The summed E-state index contributed by atoms with van der Waals surface area (Å²) in [7, 11) is 1.55. The maximum Gasteiger partial charge on any atom is 0.340 e. The van der Waals surface area contributed by atoms with Crippen molar-refractivity contribution in [3.8, 4) is 5.75 Å². The van der Waals surface area contributed by atoms with E-state index in [2.05, 4.69) is 5.32 Å². The summed E-state index contributed by atoms with van der Waals surface area (Å²) in [5.41, 5.74) is 2.12.